The summed E-state index contributed by atoms with van der Waals surface area (Å²) in [5.74, 6) is 0.0609. The third kappa shape index (κ3) is 4.03. The van der Waals surface area contributed by atoms with Gasteiger partial charge in [0, 0.05) is 43.9 Å². The average molecular weight is 364 g/mol. The molecule has 0 radical (unpaired) electrons. The van der Waals surface area contributed by atoms with E-state index >= 15 is 0 Å². The summed E-state index contributed by atoms with van der Waals surface area (Å²) in [5.41, 5.74) is 0.382. The molecule has 2 fully saturated rings. The summed E-state index contributed by atoms with van der Waals surface area (Å²) in [4.78, 5) is 28.9. The van der Waals surface area contributed by atoms with Crippen molar-refractivity contribution in [1.29, 1.82) is 0 Å². The van der Waals surface area contributed by atoms with Crippen LogP contribution in [0.2, 0.25) is 0 Å². The molecule has 0 spiro atoms. The van der Waals surface area contributed by atoms with Crippen LogP contribution in [-0.2, 0) is 14.6 Å². The van der Waals surface area contributed by atoms with Crippen molar-refractivity contribution >= 4 is 21.7 Å². The fourth-order valence-corrected chi connectivity index (χ4v) is 4.23. The second-order valence-electron chi connectivity index (χ2n) is 6.90. The predicted octanol–water partition coefficient (Wildman–Crippen LogP) is 1.56. The van der Waals surface area contributed by atoms with Gasteiger partial charge in [-0.15, -0.1) is 0 Å². The number of amides is 2. The van der Waals surface area contributed by atoms with E-state index in [9.17, 15) is 18.0 Å². The minimum Gasteiger partial charge on any atom is -0.342 e. The van der Waals surface area contributed by atoms with Crippen LogP contribution in [0.3, 0.4) is 0 Å². The predicted molar refractivity (Wildman–Crippen MR) is 94.0 cm³/mol. The monoisotopic (exact) mass is 364 g/mol. The molecule has 2 amide bonds. The van der Waals surface area contributed by atoms with Crippen LogP contribution in [0.15, 0.2) is 29.2 Å². The largest absolute Gasteiger partial charge is 0.342 e. The lowest BCUT2D eigenvalue weighted by molar-refractivity contribution is -0.135. The number of carbonyl (C=O) groups excluding carboxylic acids is 2. The molecule has 2 aliphatic heterocycles. The molecule has 0 bridgehead atoms. The molecule has 7 heteroatoms. The Morgan fingerprint density at radius 3 is 2.24 bits per heavy atom. The summed E-state index contributed by atoms with van der Waals surface area (Å²) in [6.07, 6.45) is 4.64. The molecule has 25 heavy (non-hydrogen) atoms. The van der Waals surface area contributed by atoms with Crippen LogP contribution >= 0.6 is 0 Å². The van der Waals surface area contributed by atoms with Crippen molar-refractivity contribution in [3.8, 4) is 0 Å². The van der Waals surface area contributed by atoms with Crippen LogP contribution in [-0.4, -0.2) is 62.5 Å². The number of benzene rings is 1. The van der Waals surface area contributed by atoms with E-state index in [1.165, 1.54) is 12.1 Å². The molecule has 136 valence electrons. The quantitative estimate of drug-likeness (QED) is 0.816. The van der Waals surface area contributed by atoms with Gasteiger partial charge in [-0.2, -0.15) is 0 Å². The summed E-state index contributed by atoms with van der Waals surface area (Å²) in [5, 5.41) is 0. The third-order valence-electron chi connectivity index (χ3n) is 5.06. The maximum Gasteiger partial charge on any atom is 0.253 e. The van der Waals surface area contributed by atoms with Gasteiger partial charge in [-0.3, -0.25) is 9.59 Å². The van der Waals surface area contributed by atoms with Crippen molar-refractivity contribution in [2.24, 2.45) is 5.92 Å². The Balaban J connectivity index is 1.63. The Kier molecular flexibility index (Phi) is 5.13. The lowest BCUT2D eigenvalue weighted by atomic mass is 9.95. The first-order valence-electron chi connectivity index (χ1n) is 8.74. The molecule has 2 saturated heterocycles. The van der Waals surface area contributed by atoms with Crippen LogP contribution in [0.4, 0.5) is 0 Å². The normalized spacial score (nSPS) is 19.2. The maximum absolute atomic E-state index is 12.6. The van der Waals surface area contributed by atoms with Crippen molar-refractivity contribution in [2.45, 2.75) is 30.6 Å². The van der Waals surface area contributed by atoms with Crippen LogP contribution in [0.5, 0.6) is 0 Å². The van der Waals surface area contributed by atoms with E-state index in [4.69, 9.17) is 0 Å². The Morgan fingerprint density at radius 1 is 1.00 bits per heavy atom. The number of nitrogens with zero attached hydrogens (tertiary/aromatic N) is 2. The number of hydrogen-bond donors (Lipinski definition) is 0. The molecule has 1 aromatic rings. The molecule has 1 aromatic carbocycles. The van der Waals surface area contributed by atoms with Gasteiger partial charge < -0.3 is 9.80 Å². The van der Waals surface area contributed by atoms with Crippen molar-refractivity contribution in [3.05, 3.63) is 29.8 Å². The van der Waals surface area contributed by atoms with Crippen molar-refractivity contribution in [2.75, 3.05) is 32.4 Å². The minimum atomic E-state index is -3.34. The highest BCUT2D eigenvalue weighted by Crippen LogP contribution is 2.23. The van der Waals surface area contributed by atoms with E-state index < -0.39 is 9.84 Å². The lowest BCUT2D eigenvalue weighted by Crippen LogP contribution is -2.43. The fraction of sp³-hybridized carbons (Fsp3) is 0.556. The first-order valence-corrected chi connectivity index (χ1v) is 10.6. The SMILES string of the molecule is CS(=O)(=O)c1cccc(C(=O)N2CCC(C(=O)N3CCCC3)CC2)c1. The summed E-state index contributed by atoms with van der Waals surface area (Å²) < 4.78 is 23.3. The number of carbonyl (C=O) groups is 2. The van der Waals surface area contributed by atoms with Crippen LogP contribution in [0.25, 0.3) is 0 Å². The Hall–Kier alpha value is -1.89. The van der Waals surface area contributed by atoms with Gasteiger partial charge >= 0.3 is 0 Å². The zero-order valence-corrected chi connectivity index (χ0v) is 15.3. The average Bonchev–Trinajstić information content (AvgIpc) is 3.15. The first kappa shape index (κ1) is 17.9. The zero-order chi connectivity index (χ0) is 18.0. The van der Waals surface area contributed by atoms with Gasteiger partial charge in [0.15, 0.2) is 9.84 Å². The third-order valence-corrected chi connectivity index (χ3v) is 6.17. The maximum atomic E-state index is 12.6. The highest BCUT2D eigenvalue weighted by molar-refractivity contribution is 7.90. The standard InChI is InChI=1S/C18H24N2O4S/c1-25(23,24)16-6-4-5-15(13-16)18(22)20-11-7-14(8-12-20)17(21)19-9-2-3-10-19/h4-6,13-14H,2-3,7-12H2,1H3. The molecule has 2 aliphatic rings. The second-order valence-corrected chi connectivity index (χ2v) is 8.91. The fourth-order valence-electron chi connectivity index (χ4n) is 3.57. The van der Waals surface area contributed by atoms with E-state index in [2.05, 4.69) is 0 Å². The minimum absolute atomic E-state index is 0.00417. The van der Waals surface area contributed by atoms with Crippen LogP contribution in [0, 0.1) is 5.92 Å². The van der Waals surface area contributed by atoms with E-state index in [1.54, 1.807) is 17.0 Å². The molecule has 0 aromatic heterocycles. The summed E-state index contributed by atoms with van der Waals surface area (Å²) >= 11 is 0. The summed E-state index contributed by atoms with van der Waals surface area (Å²) in [6, 6.07) is 6.15. The molecule has 0 atom stereocenters. The van der Waals surface area contributed by atoms with Gasteiger partial charge in [0.1, 0.15) is 0 Å². The molecule has 3 rings (SSSR count). The molecular formula is C18H24N2O4S. The van der Waals surface area contributed by atoms with Gasteiger partial charge in [-0.1, -0.05) is 6.07 Å². The molecule has 6 nitrogen and oxygen atoms in total. The molecule has 2 heterocycles. The molecule has 0 aliphatic carbocycles. The zero-order valence-electron chi connectivity index (χ0n) is 14.5. The highest BCUT2D eigenvalue weighted by Gasteiger charge is 2.31. The van der Waals surface area contributed by atoms with Gasteiger partial charge in [0.2, 0.25) is 5.91 Å². The number of hydrogen-bond acceptors (Lipinski definition) is 4. The molecule has 0 N–H and O–H groups in total. The smallest absolute Gasteiger partial charge is 0.253 e. The Bertz CT molecular complexity index is 761. The second kappa shape index (κ2) is 7.15. The topological polar surface area (TPSA) is 74.8 Å². The summed E-state index contributed by atoms with van der Waals surface area (Å²) in [6.45, 7) is 2.78. The van der Waals surface area contributed by atoms with E-state index in [0.29, 0.717) is 31.5 Å². The number of sulfone groups is 1. The van der Waals surface area contributed by atoms with Crippen LogP contribution < -0.4 is 0 Å². The lowest BCUT2D eigenvalue weighted by Gasteiger charge is -2.33. The molecule has 0 saturated carbocycles. The van der Waals surface area contributed by atoms with Crippen molar-refractivity contribution < 1.29 is 18.0 Å². The number of likely N-dealkylation sites (tertiary alicyclic amines) is 2. The van der Waals surface area contributed by atoms with E-state index in [-0.39, 0.29) is 22.6 Å². The van der Waals surface area contributed by atoms with Crippen LogP contribution in [0.1, 0.15) is 36.0 Å². The first-order chi connectivity index (χ1) is 11.9. The van der Waals surface area contributed by atoms with Gasteiger partial charge in [0.05, 0.1) is 4.90 Å². The van der Waals surface area contributed by atoms with E-state index in [1.807, 2.05) is 4.90 Å². The Morgan fingerprint density at radius 2 is 1.64 bits per heavy atom. The number of piperidine rings is 1. The van der Waals surface area contributed by atoms with Gasteiger partial charge in [-0.05, 0) is 43.9 Å². The Labute approximate surface area is 148 Å². The number of rotatable bonds is 3. The summed E-state index contributed by atoms with van der Waals surface area (Å²) in [7, 11) is -3.34. The van der Waals surface area contributed by atoms with E-state index in [0.717, 1.165) is 32.2 Å². The molecular weight excluding hydrogens is 340 g/mol. The van der Waals surface area contributed by atoms with Gasteiger partial charge in [-0.25, -0.2) is 8.42 Å². The molecule has 0 unspecified atom stereocenters. The van der Waals surface area contributed by atoms with Crippen molar-refractivity contribution in [3.63, 3.8) is 0 Å². The van der Waals surface area contributed by atoms with Crippen molar-refractivity contribution in [1.82, 2.24) is 9.80 Å². The highest BCUT2D eigenvalue weighted by atomic mass is 32.2. The van der Waals surface area contributed by atoms with Gasteiger partial charge in [0.25, 0.3) is 5.91 Å².